The minimum absolute atomic E-state index is 0.0405. The Morgan fingerprint density at radius 2 is 2.16 bits per heavy atom. The molecule has 102 valence electrons. The van der Waals surface area contributed by atoms with Gasteiger partial charge in [-0.25, -0.2) is 0 Å². The molecule has 0 spiro atoms. The zero-order valence-corrected chi connectivity index (χ0v) is 12.8. The Hall–Kier alpha value is -1.20. The van der Waals surface area contributed by atoms with Gasteiger partial charge >= 0.3 is 0 Å². The van der Waals surface area contributed by atoms with E-state index in [9.17, 15) is 0 Å². The van der Waals surface area contributed by atoms with Gasteiger partial charge in [0.05, 0.1) is 16.4 Å². The van der Waals surface area contributed by atoms with Crippen LogP contribution in [0.15, 0.2) is 35.1 Å². The molecule has 2 heterocycles. The van der Waals surface area contributed by atoms with E-state index in [1.54, 1.807) is 0 Å². The monoisotopic (exact) mass is 322 g/mol. The van der Waals surface area contributed by atoms with Crippen LogP contribution in [0.4, 0.5) is 0 Å². The molecule has 4 nitrogen and oxygen atoms in total. The van der Waals surface area contributed by atoms with Gasteiger partial charge in [-0.2, -0.15) is 5.10 Å². The Labute approximate surface area is 122 Å². The summed E-state index contributed by atoms with van der Waals surface area (Å²) in [6, 6.07) is 6.22. The van der Waals surface area contributed by atoms with Gasteiger partial charge in [0.1, 0.15) is 0 Å². The molecule has 0 aliphatic carbocycles. The van der Waals surface area contributed by atoms with Crippen LogP contribution in [0.2, 0.25) is 0 Å². The minimum atomic E-state index is -0.0405. The van der Waals surface area contributed by atoms with E-state index < -0.39 is 0 Å². The van der Waals surface area contributed by atoms with Crippen molar-refractivity contribution in [3.05, 3.63) is 46.5 Å². The summed E-state index contributed by atoms with van der Waals surface area (Å²) in [5.41, 5.74) is 8.44. The predicted octanol–water partition coefficient (Wildman–Crippen LogP) is 3.25. The Morgan fingerprint density at radius 3 is 2.79 bits per heavy atom. The molecule has 2 aromatic rings. The summed E-state index contributed by atoms with van der Waals surface area (Å²) in [6.45, 7) is 4.21. The second kappa shape index (κ2) is 6.30. The molecule has 19 heavy (non-hydrogen) atoms. The number of aromatic nitrogens is 3. The highest BCUT2D eigenvalue weighted by molar-refractivity contribution is 9.10. The van der Waals surface area contributed by atoms with Crippen LogP contribution in [0, 0.1) is 0 Å². The number of rotatable bonds is 5. The van der Waals surface area contributed by atoms with Crippen molar-refractivity contribution < 1.29 is 0 Å². The summed E-state index contributed by atoms with van der Waals surface area (Å²) in [7, 11) is 0. The molecule has 2 N–H and O–H groups in total. The first-order chi connectivity index (χ1) is 9.09. The molecule has 0 saturated carbocycles. The molecular weight excluding hydrogens is 304 g/mol. The number of hydrogen-bond donors (Lipinski definition) is 1. The molecule has 1 atom stereocenters. The second-order valence-corrected chi connectivity index (χ2v) is 5.74. The summed E-state index contributed by atoms with van der Waals surface area (Å²) in [5.74, 6) is 0. The van der Waals surface area contributed by atoms with Gasteiger partial charge in [-0.05, 0) is 54.8 Å². The van der Waals surface area contributed by atoms with Crippen LogP contribution >= 0.6 is 15.9 Å². The first-order valence-electron chi connectivity index (χ1n) is 6.48. The predicted molar refractivity (Wildman–Crippen MR) is 79.8 cm³/mol. The first-order valence-corrected chi connectivity index (χ1v) is 7.27. The van der Waals surface area contributed by atoms with Gasteiger partial charge in [0.15, 0.2) is 0 Å². The fourth-order valence-corrected chi connectivity index (χ4v) is 2.66. The van der Waals surface area contributed by atoms with Crippen molar-refractivity contribution in [3.63, 3.8) is 0 Å². The topological polar surface area (TPSA) is 56.7 Å². The SMILES string of the molecule is CC(C)n1ncc(Br)c1C(N)CCc1ccccn1. The lowest BCUT2D eigenvalue weighted by Crippen LogP contribution is -2.19. The van der Waals surface area contributed by atoms with Crippen LogP contribution in [-0.4, -0.2) is 14.8 Å². The fraction of sp³-hybridized carbons (Fsp3) is 0.429. The number of nitrogens with zero attached hydrogens (tertiary/aromatic N) is 3. The average molecular weight is 323 g/mol. The Kier molecular flexibility index (Phi) is 4.71. The minimum Gasteiger partial charge on any atom is -0.323 e. The van der Waals surface area contributed by atoms with Gasteiger partial charge in [-0.15, -0.1) is 0 Å². The van der Waals surface area contributed by atoms with E-state index in [1.807, 2.05) is 35.3 Å². The van der Waals surface area contributed by atoms with Gasteiger partial charge < -0.3 is 5.73 Å². The van der Waals surface area contributed by atoms with Gasteiger partial charge in [0.2, 0.25) is 0 Å². The Morgan fingerprint density at radius 1 is 1.37 bits per heavy atom. The van der Waals surface area contributed by atoms with Crippen LogP contribution in [-0.2, 0) is 6.42 Å². The highest BCUT2D eigenvalue weighted by atomic mass is 79.9. The molecule has 0 saturated heterocycles. The molecule has 0 fully saturated rings. The highest BCUT2D eigenvalue weighted by Gasteiger charge is 2.18. The third-order valence-electron chi connectivity index (χ3n) is 3.06. The van der Waals surface area contributed by atoms with Crippen LogP contribution in [0.25, 0.3) is 0 Å². The van der Waals surface area contributed by atoms with Crippen LogP contribution < -0.4 is 5.73 Å². The van der Waals surface area contributed by atoms with Crippen molar-refractivity contribution in [1.82, 2.24) is 14.8 Å². The fourth-order valence-electron chi connectivity index (χ4n) is 2.10. The number of nitrogens with two attached hydrogens (primary N) is 1. The van der Waals surface area contributed by atoms with E-state index >= 15 is 0 Å². The van der Waals surface area contributed by atoms with Crippen molar-refractivity contribution in [2.75, 3.05) is 0 Å². The van der Waals surface area contributed by atoms with Gasteiger partial charge in [-0.1, -0.05) is 6.07 Å². The summed E-state index contributed by atoms with van der Waals surface area (Å²) in [4.78, 5) is 4.32. The van der Waals surface area contributed by atoms with Crippen LogP contribution in [0.3, 0.4) is 0 Å². The maximum atomic E-state index is 6.31. The molecule has 2 aromatic heterocycles. The van der Waals surface area contributed by atoms with E-state index in [0.717, 1.165) is 28.7 Å². The van der Waals surface area contributed by atoms with Gasteiger partial charge in [-0.3, -0.25) is 9.67 Å². The maximum Gasteiger partial charge on any atom is 0.0696 e. The van der Waals surface area contributed by atoms with E-state index in [-0.39, 0.29) is 6.04 Å². The Bertz CT molecular complexity index is 521. The summed E-state index contributed by atoms with van der Waals surface area (Å²) < 4.78 is 2.96. The summed E-state index contributed by atoms with van der Waals surface area (Å²) in [5, 5.41) is 4.37. The van der Waals surface area contributed by atoms with E-state index in [2.05, 4.69) is 39.9 Å². The van der Waals surface area contributed by atoms with E-state index in [4.69, 9.17) is 5.73 Å². The normalized spacial score (nSPS) is 12.9. The first kappa shape index (κ1) is 14.2. The highest BCUT2D eigenvalue weighted by Crippen LogP contribution is 2.27. The average Bonchev–Trinajstić information content (AvgIpc) is 2.79. The van der Waals surface area contributed by atoms with Crippen molar-refractivity contribution in [1.29, 1.82) is 0 Å². The maximum absolute atomic E-state index is 6.31. The number of halogens is 1. The third kappa shape index (κ3) is 3.42. The lowest BCUT2D eigenvalue weighted by molar-refractivity contribution is 0.475. The van der Waals surface area contributed by atoms with Gasteiger partial charge in [0.25, 0.3) is 0 Å². The molecule has 2 rings (SSSR count). The van der Waals surface area contributed by atoms with Crippen molar-refractivity contribution >= 4 is 15.9 Å². The van der Waals surface area contributed by atoms with Crippen LogP contribution in [0.1, 0.15) is 43.7 Å². The largest absolute Gasteiger partial charge is 0.323 e. The Balaban J connectivity index is 2.08. The molecule has 0 radical (unpaired) electrons. The third-order valence-corrected chi connectivity index (χ3v) is 3.68. The molecule has 0 aliphatic rings. The molecule has 1 unspecified atom stereocenters. The molecule has 0 aromatic carbocycles. The van der Waals surface area contributed by atoms with E-state index in [0.29, 0.717) is 6.04 Å². The van der Waals surface area contributed by atoms with E-state index in [1.165, 1.54) is 0 Å². The van der Waals surface area contributed by atoms with Crippen molar-refractivity contribution in [2.45, 2.75) is 38.8 Å². The second-order valence-electron chi connectivity index (χ2n) is 4.88. The standard InChI is InChI=1S/C14H19BrN4/c1-10(2)19-14(12(15)9-18-19)13(16)7-6-11-5-3-4-8-17-11/h3-5,8-10,13H,6-7,16H2,1-2H3. The van der Waals surface area contributed by atoms with Gasteiger partial charge in [0, 0.05) is 24.0 Å². The summed E-state index contributed by atoms with van der Waals surface area (Å²) in [6.07, 6.45) is 5.36. The zero-order valence-electron chi connectivity index (χ0n) is 11.3. The molecule has 0 bridgehead atoms. The zero-order chi connectivity index (χ0) is 13.8. The smallest absolute Gasteiger partial charge is 0.0696 e. The lowest BCUT2D eigenvalue weighted by atomic mass is 10.1. The number of hydrogen-bond acceptors (Lipinski definition) is 3. The lowest BCUT2D eigenvalue weighted by Gasteiger charge is -2.17. The van der Waals surface area contributed by atoms with Crippen molar-refractivity contribution in [2.24, 2.45) is 5.73 Å². The van der Waals surface area contributed by atoms with Crippen molar-refractivity contribution in [3.8, 4) is 0 Å². The number of aryl methyl sites for hydroxylation is 1. The molecule has 0 amide bonds. The summed E-state index contributed by atoms with van der Waals surface area (Å²) >= 11 is 3.53. The molecule has 0 aliphatic heterocycles. The molecular formula is C14H19BrN4. The number of pyridine rings is 1. The van der Waals surface area contributed by atoms with Crippen LogP contribution in [0.5, 0.6) is 0 Å². The molecule has 5 heteroatoms. The quantitative estimate of drug-likeness (QED) is 0.919.